The molecule has 0 spiro atoms. The molecule has 0 saturated heterocycles. The molecular formula is C10H18N4O. The predicted octanol–water partition coefficient (Wildman–Crippen LogP) is 0.0680. The number of amides is 1. The minimum Gasteiger partial charge on any atom is -0.356 e. The maximum Gasteiger partial charge on any atom is 0.220 e. The lowest BCUT2D eigenvalue weighted by atomic mass is 10.3. The lowest BCUT2D eigenvalue weighted by molar-refractivity contribution is -0.121. The predicted molar refractivity (Wildman–Crippen MR) is 58.5 cm³/mol. The quantitative estimate of drug-likeness (QED) is 0.558. The second kappa shape index (κ2) is 7.00. The van der Waals surface area contributed by atoms with Crippen molar-refractivity contribution in [3.8, 4) is 0 Å². The van der Waals surface area contributed by atoms with Crippen molar-refractivity contribution < 1.29 is 4.79 Å². The van der Waals surface area contributed by atoms with E-state index in [1.165, 1.54) is 0 Å². The Hall–Kier alpha value is -1.36. The summed E-state index contributed by atoms with van der Waals surface area (Å²) in [5, 5.41) is 5.86. The zero-order valence-corrected chi connectivity index (χ0v) is 9.05. The standard InChI is InChI=1S/C10H18N4O/c1-11-5-2-3-10(15)14-6-4-9-12-7-8-13-9/h7-8,11H,2-6H2,1H3,(H,12,13)(H,14,15). The highest BCUT2D eigenvalue weighted by Gasteiger charge is 2.00. The number of aromatic amines is 1. The van der Waals surface area contributed by atoms with Crippen molar-refractivity contribution in [1.29, 1.82) is 0 Å². The maximum atomic E-state index is 11.3. The number of nitrogens with one attached hydrogen (secondary N) is 3. The zero-order chi connectivity index (χ0) is 10.9. The second-order valence-corrected chi connectivity index (χ2v) is 3.34. The van der Waals surface area contributed by atoms with Crippen LogP contribution in [0.1, 0.15) is 18.7 Å². The number of imidazole rings is 1. The van der Waals surface area contributed by atoms with E-state index in [1.54, 1.807) is 12.4 Å². The van der Waals surface area contributed by atoms with Crippen LogP contribution in [-0.4, -0.2) is 36.0 Å². The average molecular weight is 210 g/mol. The Morgan fingerprint density at radius 3 is 3.07 bits per heavy atom. The van der Waals surface area contributed by atoms with Crippen LogP contribution in [0.15, 0.2) is 12.4 Å². The molecule has 0 radical (unpaired) electrons. The number of H-pyrrole nitrogens is 1. The van der Waals surface area contributed by atoms with Gasteiger partial charge in [-0.1, -0.05) is 0 Å². The van der Waals surface area contributed by atoms with Crippen LogP contribution in [0.4, 0.5) is 0 Å². The van der Waals surface area contributed by atoms with Crippen LogP contribution in [0, 0.1) is 0 Å². The van der Waals surface area contributed by atoms with Gasteiger partial charge in [0, 0.05) is 31.8 Å². The van der Waals surface area contributed by atoms with Crippen LogP contribution in [0.25, 0.3) is 0 Å². The summed E-state index contributed by atoms with van der Waals surface area (Å²) in [5.74, 6) is 1.02. The van der Waals surface area contributed by atoms with E-state index in [9.17, 15) is 4.79 Å². The second-order valence-electron chi connectivity index (χ2n) is 3.34. The van der Waals surface area contributed by atoms with Crippen LogP contribution in [0.3, 0.4) is 0 Å². The van der Waals surface area contributed by atoms with Crippen molar-refractivity contribution in [3.05, 3.63) is 18.2 Å². The fourth-order valence-corrected chi connectivity index (χ4v) is 1.27. The number of hydrogen-bond acceptors (Lipinski definition) is 3. The van der Waals surface area contributed by atoms with Gasteiger partial charge in [-0.25, -0.2) is 4.98 Å². The van der Waals surface area contributed by atoms with Crippen molar-refractivity contribution in [3.63, 3.8) is 0 Å². The fraction of sp³-hybridized carbons (Fsp3) is 0.600. The van der Waals surface area contributed by atoms with Gasteiger partial charge in [-0.2, -0.15) is 0 Å². The summed E-state index contributed by atoms with van der Waals surface area (Å²) in [7, 11) is 1.88. The van der Waals surface area contributed by atoms with Crippen molar-refractivity contribution in [2.24, 2.45) is 0 Å². The Kier molecular flexibility index (Phi) is 5.47. The number of nitrogens with zero attached hydrogens (tertiary/aromatic N) is 1. The first kappa shape index (κ1) is 11.7. The molecule has 0 aliphatic carbocycles. The Balaban J connectivity index is 2.02. The molecule has 15 heavy (non-hydrogen) atoms. The van der Waals surface area contributed by atoms with Gasteiger partial charge < -0.3 is 15.6 Å². The third-order valence-electron chi connectivity index (χ3n) is 2.07. The van der Waals surface area contributed by atoms with E-state index < -0.39 is 0 Å². The van der Waals surface area contributed by atoms with Gasteiger partial charge in [0.15, 0.2) is 0 Å². The highest BCUT2D eigenvalue weighted by atomic mass is 16.1. The van der Waals surface area contributed by atoms with Gasteiger partial charge in [-0.15, -0.1) is 0 Å². The van der Waals surface area contributed by atoms with E-state index in [0.29, 0.717) is 13.0 Å². The summed E-state index contributed by atoms with van der Waals surface area (Å²) >= 11 is 0. The zero-order valence-electron chi connectivity index (χ0n) is 9.05. The Morgan fingerprint density at radius 2 is 2.40 bits per heavy atom. The summed E-state index contributed by atoms with van der Waals surface area (Å²) < 4.78 is 0. The van der Waals surface area contributed by atoms with Crippen LogP contribution >= 0.6 is 0 Å². The smallest absolute Gasteiger partial charge is 0.220 e. The van der Waals surface area contributed by atoms with Crippen LogP contribution < -0.4 is 10.6 Å². The van der Waals surface area contributed by atoms with E-state index in [1.807, 2.05) is 7.05 Å². The van der Waals surface area contributed by atoms with Gasteiger partial charge in [0.25, 0.3) is 0 Å². The molecule has 84 valence electrons. The summed E-state index contributed by atoms with van der Waals surface area (Å²) in [6.07, 6.45) is 5.71. The molecule has 1 amide bonds. The van der Waals surface area contributed by atoms with E-state index in [2.05, 4.69) is 20.6 Å². The highest BCUT2D eigenvalue weighted by molar-refractivity contribution is 5.75. The van der Waals surface area contributed by atoms with Gasteiger partial charge in [0.1, 0.15) is 5.82 Å². The molecule has 1 rings (SSSR count). The average Bonchev–Trinajstić information content (AvgIpc) is 2.71. The molecule has 0 bridgehead atoms. The molecule has 1 aromatic rings. The summed E-state index contributed by atoms with van der Waals surface area (Å²) in [6, 6.07) is 0. The van der Waals surface area contributed by atoms with E-state index in [4.69, 9.17) is 0 Å². The normalized spacial score (nSPS) is 10.2. The van der Waals surface area contributed by atoms with Gasteiger partial charge >= 0.3 is 0 Å². The first-order valence-corrected chi connectivity index (χ1v) is 5.22. The lowest BCUT2D eigenvalue weighted by Gasteiger charge is -2.03. The molecule has 0 aliphatic heterocycles. The molecule has 0 saturated carbocycles. The molecule has 1 aromatic heterocycles. The van der Waals surface area contributed by atoms with E-state index in [0.717, 1.165) is 25.2 Å². The summed E-state index contributed by atoms with van der Waals surface area (Å²) in [5.41, 5.74) is 0. The maximum absolute atomic E-state index is 11.3. The number of rotatable bonds is 7. The first-order chi connectivity index (χ1) is 7.33. The molecule has 0 fully saturated rings. The molecular weight excluding hydrogens is 192 g/mol. The van der Waals surface area contributed by atoms with E-state index >= 15 is 0 Å². The summed E-state index contributed by atoms with van der Waals surface area (Å²) in [4.78, 5) is 18.3. The SMILES string of the molecule is CNCCCC(=O)NCCc1ncc[nH]1. The summed E-state index contributed by atoms with van der Waals surface area (Å²) in [6.45, 7) is 1.53. The molecule has 0 aliphatic rings. The van der Waals surface area contributed by atoms with Crippen LogP contribution in [0.2, 0.25) is 0 Å². The number of aromatic nitrogens is 2. The van der Waals surface area contributed by atoms with Gasteiger partial charge in [-0.05, 0) is 20.0 Å². The molecule has 5 nitrogen and oxygen atoms in total. The monoisotopic (exact) mass is 210 g/mol. The molecule has 0 aromatic carbocycles. The number of hydrogen-bond donors (Lipinski definition) is 3. The Bertz CT molecular complexity index is 271. The minimum absolute atomic E-state index is 0.108. The van der Waals surface area contributed by atoms with Crippen molar-refractivity contribution in [2.45, 2.75) is 19.3 Å². The van der Waals surface area contributed by atoms with Crippen molar-refractivity contribution in [1.82, 2.24) is 20.6 Å². The molecule has 5 heteroatoms. The number of carbonyl (C=O) groups is 1. The Labute approximate surface area is 89.7 Å². The molecule has 3 N–H and O–H groups in total. The third-order valence-corrected chi connectivity index (χ3v) is 2.07. The molecule has 0 unspecified atom stereocenters. The van der Waals surface area contributed by atoms with Gasteiger partial charge in [0.2, 0.25) is 5.91 Å². The van der Waals surface area contributed by atoms with Crippen LogP contribution in [0.5, 0.6) is 0 Å². The lowest BCUT2D eigenvalue weighted by Crippen LogP contribution is -2.26. The molecule has 1 heterocycles. The highest BCUT2D eigenvalue weighted by Crippen LogP contribution is 1.90. The van der Waals surface area contributed by atoms with Gasteiger partial charge in [0.05, 0.1) is 0 Å². The van der Waals surface area contributed by atoms with Crippen molar-refractivity contribution in [2.75, 3.05) is 20.1 Å². The minimum atomic E-state index is 0.108. The fourth-order valence-electron chi connectivity index (χ4n) is 1.27. The first-order valence-electron chi connectivity index (χ1n) is 5.22. The van der Waals surface area contributed by atoms with Crippen LogP contribution in [-0.2, 0) is 11.2 Å². The van der Waals surface area contributed by atoms with E-state index in [-0.39, 0.29) is 5.91 Å². The topological polar surface area (TPSA) is 69.8 Å². The Morgan fingerprint density at radius 1 is 1.53 bits per heavy atom. The van der Waals surface area contributed by atoms with Gasteiger partial charge in [-0.3, -0.25) is 4.79 Å². The third kappa shape index (κ3) is 5.17. The molecule has 0 atom stereocenters. The largest absolute Gasteiger partial charge is 0.356 e. The van der Waals surface area contributed by atoms with Crippen molar-refractivity contribution >= 4 is 5.91 Å². The number of carbonyl (C=O) groups excluding carboxylic acids is 1.